The van der Waals surface area contributed by atoms with Crippen molar-refractivity contribution in [3.8, 4) is 0 Å². The first kappa shape index (κ1) is 30.0. The van der Waals surface area contributed by atoms with E-state index in [4.69, 9.17) is 0 Å². The summed E-state index contributed by atoms with van der Waals surface area (Å²) >= 11 is 0. The van der Waals surface area contributed by atoms with Gasteiger partial charge >= 0.3 is 0 Å². The van der Waals surface area contributed by atoms with Crippen LogP contribution in [-0.2, 0) is 0 Å². The number of rotatable bonds is 6. The van der Waals surface area contributed by atoms with Crippen molar-refractivity contribution in [3.05, 3.63) is 161 Å². The van der Waals surface area contributed by atoms with Crippen molar-refractivity contribution in [2.24, 2.45) is 0 Å². The molecule has 7 aromatic rings. The molecular weight excluding hydrogens is 581 g/mol. The maximum atomic E-state index is 2.59. The van der Waals surface area contributed by atoms with E-state index in [1.54, 1.807) is 0 Å². The maximum Gasteiger partial charge on any atom is 0.0565 e. The predicted molar refractivity (Wildman–Crippen MR) is 208 cm³/mol. The highest BCUT2D eigenvalue weighted by atomic mass is 15.2. The van der Waals surface area contributed by atoms with E-state index in [-0.39, 0.29) is 6.04 Å². The second-order valence-corrected chi connectivity index (χ2v) is 13.9. The molecular formula is C46H42N2. The van der Waals surface area contributed by atoms with Crippen LogP contribution >= 0.6 is 0 Å². The quantitative estimate of drug-likeness (QED) is 0.170. The molecule has 0 spiro atoms. The first-order valence-corrected chi connectivity index (χ1v) is 17.1. The molecule has 0 saturated heterocycles. The van der Waals surface area contributed by atoms with E-state index in [1.807, 2.05) is 0 Å². The number of aryl methyl sites for hydroxylation is 4. The summed E-state index contributed by atoms with van der Waals surface area (Å²) in [7, 11) is 0. The summed E-state index contributed by atoms with van der Waals surface area (Å²) in [5.74, 6) is 0. The van der Waals surface area contributed by atoms with Crippen molar-refractivity contribution >= 4 is 60.8 Å². The Morgan fingerprint density at radius 1 is 0.521 bits per heavy atom. The van der Waals surface area contributed by atoms with Gasteiger partial charge in [0.2, 0.25) is 0 Å². The Hall–Kier alpha value is -5.34. The third kappa shape index (κ3) is 5.04. The lowest BCUT2D eigenvalue weighted by atomic mass is 9.90. The van der Waals surface area contributed by atoms with Crippen LogP contribution in [-0.4, -0.2) is 6.04 Å². The fraction of sp³-hybridized carbons (Fsp3) is 0.174. The van der Waals surface area contributed by atoms with Gasteiger partial charge in [0.15, 0.2) is 0 Å². The molecule has 0 saturated carbocycles. The van der Waals surface area contributed by atoms with E-state index in [0.717, 1.165) is 6.42 Å². The van der Waals surface area contributed by atoms with Gasteiger partial charge in [0.1, 0.15) is 0 Å². The van der Waals surface area contributed by atoms with Gasteiger partial charge in [-0.25, -0.2) is 0 Å². The number of benzene rings is 7. The largest absolute Gasteiger partial charge is 0.333 e. The molecule has 1 aliphatic rings. The zero-order valence-electron chi connectivity index (χ0n) is 28.8. The molecule has 236 valence electrons. The van der Waals surface area contributed by atoms with Crippen molar-refractivity contribution < 1.29 is 0 Å². The molecule has 0 N–H and O–H groups in total. The first-order valence-electron chi connectivity index (χ1n) is 17.1. The van der Waals surface area contributed by atoms with Gasteiger partial charge < -0.3 is 9.80 Å². The normalized spacial score (nSPS) is 14.8. The monoisotopic (exact) mass is 622 g/mol. The van der Waals surface area contributed by atoms with E-state index in [0.29, 0.717) is 0 Å². The predicted octanol–water partition coefficient (Wildman–Crippen LogP) is 13.1. The first-order chi connectivity index (χ1) is 23.3. The molecule has 0 fully saturated rings. The number of allylic oxidation sites excluding steroid dienone is 2. The maximum absolute atomic E-state index is 2.59. The van der Waals surface area contributed by atoms with Gasteiger partial charge in [-0.3, -0.25) is 0 Å². The van der Waals surface area contributed by atoms with Gasteiger partial charge in [0, 0.05) is 33.5 Å². The van der Waals surface area contributed by atoms with Gasteiger partial charge in [-0.2, -0.15) is 0 Å². The van der Waals surface area contributed by atoms with Crippen molar-refractivity contribution in [2.75, 3.05) is 9.80 Å². The lowest BCUT2D eigenvalue weighted by Gasteiger charge is -2.36. The zero-order chi connectivity index (χ0) is 33.1. The van der Waals surface area contributed by atoms with Gasteiger partial charge in [-0.05, 0) is 128 Å². The molecule has 8 rings (SSSR count). The fourth-order valence-electron chi connectivity index (χ4n) is 8.15. The van der Waals surface area contributed by atoms with E-state index in [1.165, 1.54) is 94.2 Å². The molecule has 48 heavy (non-hydrogen) atoms. The van der Waals surface area contributed by atoms with E-state index < -0.39 is 0 Å². The van der Waals surface area contributed by atoms with E-state index >= 15 is 0 Å². The van der Waals surface area contributed by atoms with Gasteiger partial charge in [0.25, 0.3) is 0 Å². The third-order valence-electron chi connectivity index (χ3n) is 10.1. The van der Waals surface area contributed by atoms with E-state index in [2.05, 4.69) is 179 Å². The second-order valence-electron chi connectivity index (χ2n) is 13.9. The molecule has 7 aromatic carbocycles. The number of para-hydroxylation sites is 2. The van der Waals surface area contributed by atoms with Gasteiger partial charge in [-0.15, -0.1) is 0 Å². The smallest absolute Gasteiger partial charge is 0.0565 e. The molecule has 2 heteroatoms. The van der Waals surface area contributed by atoms with Crippen LogP contribution in [0.3, 0.4) is 0 Å². The molecule has 0 amide bonds. The van der Waals surface area contributed by atoms with Crippen LogP contribution in [0.25, 0.3) is 32.3 Å². The summed E-state index contributed by atoms with van der Waals surface area (Å²) in [6.45, 7) is 13.3. The van der Waals surface area contributed by atoms with Crippen LogP contribution in [0, 0.1) is 27.7 Å². The summed E-state index contributed by atoms with van der Waals surface area (Å²) in [5.41, 5.74) is 13.9. The fourth-order valence-corrected chi connectivity index (χ4v) is 8.15. The van der Waals surface area contributed by atoms with Crippen molar-refractivity contribution in [2.45, 2.75) is 54.0 Å². The summed E-state index contributed by atoms with van der Waals surface area (Å²) in [6, 6.07) is 43.4. The number of nitrogens with zero attached hydrogens (tertiary/aromatic N) is 2. The van der Waals surface area contributed by atoms with Crippen LogP contribution < -0.4 is 9.80 Å². The molecule has 0 heterocycles. The molecule has 0 bridgehead atoms. The number of hydrogen-bond acceptors (Lipinski definition) is 2. The molecule has 1 atom stereocenters. The Labute approximate surface area is 284 Å². The molecule has 0 radical (unpaired) electrons. The van der Waals surface area contributed by atoms with Crippen molar-refractivity contribution in [3.63, 3.8) is 0 Å². The molecule has 1 aliphatic carbocycles. The van der Waals surface area contributed by atoms with E-state index in [9.17, 15) is 0 Å². The molecule has 1 unspecified atom stereocenters. The highest BCUT2D eigenvalue weighted by Gasteiger charge is 2.26. The summed E-state index contributed by atoms with van der Waals surface area (Å²) < 4.78 is 0. The SMILES string of the molecule is CC1=CC(N(c2ccccc2C)c2ccc3ccc4c(N(c5cc(C)cc(C)c5)c5ccccc5C)ccc5ccc2c3c54)CC(C)=C1. The van der Waals surface area contributed by atoms with Crippen LogP contribution in [0.15, 0.2) is 139 Å². The standard InChI is InChI=1S/C46H42N2/c1-29-23-30(2)26-37(25-29)47(41-13-9-7-11-33(41)5)43-21-17-35-16-20-40-44(22-18-36-15-19-39(43)45(35)46(36)40)48(42-14-10-8-12-34(42)6)38-27-31(3)24-32(4)28-38/h7-27,38H,28H2,1-6H3. The Balaban J connectivity index is 1.41. The highest BCUT2D eigenvalue weighted by molar-refractivity contribution is 6.28. The highest BCUT2D eigenvalue weighted by Crippen LogP contribution is 2.47. The lowest BCUT2D eigenvalue weighted by molar-refractivity contribution is 0.750. The summed E-state index contributed by atoms with van der Waals surface area (Å²) in [5, 5.41) is 7.75. The zero-order valence-corrected chi connectivity index (χ0v) is 28.8. The third-order valence-corrected chi connectivity index (χ3v) is 10.1. The molecule has 0 aromatic heterocycles. The van der Waals surface area contributed by atoms with Crippen LogP contribution in [0.4, 0.5) is 28.4 Å². The van der Waals surface area contributed by atoms with Crippen LogP contribution in [0.2, 0.25) is 0 Å². The van der Waals surface area contributed by atoms with Crippen LogP contribution in [0.5, 0.6) is 0 Å². The summed E-state index contributed by atoms with van der Waals surface area (Å²) in [4.78, 5) is 5.06. The average molecular weight is 623 g/mol. The molecule has 2 nitrogen and oxygen atoms in total. The topological polar surface area (TPSA) is 6.48 Å². The number of hydrogen-bond donors (Lipinski definition) is 0. The minimum Gasteiger partial charge on any atom is -0.333 e. The van der Waals surface area contributed by atoms with Crippen molar-refractivity contribution in [1.82, 2.24) is 0 Å². The Morgan fingerprint density at radius 3 is 1.67 bits per heavy atom. The van der Waals surface area contributed by atoms with Crippen LogP contribution in [0.1, 0.15) is 42.5 Å². The Bertz CT molecular complexity index is 2390. The average Bonchev–Trinajstić information content (AvgIpc) is 3.06. The second kappa shape index (κ2) is 11.7. The minimum atomic E-state index is 0.228. The van der Waals surface area contributed by atoms with Gasteiger partial charge in [0.05, 0.1) is 11.7 Å². The van der Waals surface area contributed by atoms with Crippen molar-refractivity contribution in [1.29, 1.82) is 0 Å². The lowest BCUT2D eigenvalue weighted by Crippen LogP contribution is -2.32. The Morgan fingerprint density at radius 2 is 1.06 bits per heavy atom. The number of anilines is 5. The molecule has 0 aliphatic heterocycles. The van der Waals surface area contributed by atoms with Gasteiger partial charge in [-0.1, -0.05) is 102 Å². The summed E-state index contributed by atoms with van der Waals surface area (Å²) in [6.07, 6.45) is 5.77. The Kier molecular flexibility index (Phi) is 7.33. The minimum absolute atomic E-state index is 0.228.